The molecule has 0 aliphatic heterocycles. The van der Waals surface area contributed by atoms with Crippen molar-refractivity contribution in [2.24, 2.45) is 0 Å². The minimum atomic E-state index is -0.489. The van der Waals surface area contributed by atoms with Gasteiger partial charge < -0.3 is 14.6 Å². The Labute approximate surface area is 127 Å². The summed E-state index contributed by atoms with van der Waals surface area (Å²) in [5, 5.41) is 11.5. The van der Waals surface area contributed by atoms with E-state index in [2.05, 4.69) is 9.47 Å². The number of benzene rings is 1. The second-order valence-corrected chi connectivity index (χ2v) is 3.45. The third-order valence-corrected chi connectivity index (χ3v) is 2.26. The smallest absolute Gasteiger partial charge is 0.872 e. The van der Waals surface area contributed by atoms with Crippen LogP contribution in [0.1, 0.15) is 11.1 Å². The van der Waals surface area contributed by atoms with Crippen molar-refractivity contribution in [1.29, 1.82) is 0 Å². The van der Waals surface area contributed by atoms with Crippen LogP contribution in [0.5, 0.6) is 5.75 Å². The second kappa shape index (κ2) is 8.13. The van der Waals surface area contributed by atoms with Gasteiger partial charge in [0.1, 0.15) is 0 Å². The third kappa shape index (κ3) is 5.08. The maximum Gasteiger partial charge on any atom is 1.00 e. The maximum atomic E-state index is 11.5. The van der Waals surface area contributed by atoms with Crippen molar-refractivity contribution < 1.29 is 53.7 Å². The van der Waals surface area contributed by atoms with Gasteiger partial charge in [0.15, 0.2) is 0 Å². The number of rotatable bonds is 4. The van der Waals surface area contributed by atoms with Crippen LogP contribution in [-0.4, -0.2) is 26.2 Å². The van der Waals surface area contributed by atoms with E-state index in [9.17, 15) is 14.7 Å². The molecular weight excluding hydrogens is 247 g/mol. The van der Waals surface area contributed by atoms with Gasteiger partial charge in [0.05, 0.1) is 27.1 Å². The Bertz CT molecular complexity index is 430. The molecule has 0 atom stereocenters. The number of hydrogen-bond acceptors (Lipinski definition) is 5. The Morgan fingerprint density at radius 1 is 1.11 bits per heavy atom. The summed E-state index contributed by atoms with van der Waals surface area (Å²) in [4.78, 5) is 22.1. The fourth-order valence-electron chi connectivity index (χ4n) is 1.35. The first kappa shape index (κ1) is 17.0. The molecule has 1 rings (SSSR count). The van der Waals surface area contributed by atoms with Crippen molar-refractivity contribution in [1.82, 2.24) is 0 Å². The predicted octanol–water partition coefficient (Wildman–Crippen LogP) is -2.80. The molecule has 18 heavy (non-hydrogen) atoms. The van der Waals surface area contributed by atoms with Crippen LogP contribution in [0.3, 0.4) is 0 Å². The summed E-state index contributed by atoms with van der Waals surface area (Å²) < 4.78 is 9.00. The normalized spacial score (nSPS) is 9.22. The fraction of sp³-hybridized carbons (Fsp3) is 0.333. The van der Waals surface area contributed by atoms with Crippen LogP contribution in [0.4, 0.5) is 0 Å². The number of carbonyl (C=O) groups excluding carboxylic acids is 2. The summed E-state index contributed by atoms with van der Waals surface area (Å²) in [6, 6.07) is 4.40. The van der Waals surface area contributed by atoms with Gasteiger partial charge in [-0.05, 0) is 11.1 Å². The summed E-state index contributed by atoms with van der Waals surface area (Å²) in [6.07, 6.45) is -0.0186. The van der Waals surface area contributed by atoms with E-state index in [0.717, 1.165) is 0 Å². The van der Waals surface area contributed by atoms with Crippen molar-refractivity contribution in [2.75, 3.05) is 14.2 Å². The van der Waals surface area contributed by atoms with E-state index in [1.807, 2.05) is 0 Å². The molecule has 5 nitrogen and oxygen atoms in total. The van der Waals surface area contributed by atoms with Crippen LogP contribution in [0.2, 0.25) is 0 Å². The zero-order valence-corrected chi connectivity index (χ0v) is 12.7. The monoisotopic (exact) mass is 260 g/mol. The molecule has 1 aromatic rings. The molecule has 0 saturated carbocycles. The zero-order chi connectivity index (χ0) is 12.8. The van der Waals surface area contributed by atoms with E-state index in [1.165, 1.54) is 26.4 Å². The van der Waals surface area contributed by atoms with Crippen molar-refractivity contribution in [3.8, 4) is 5.75 Å². The Hall–Kier alpha value is -1.04. The SMILES string of the molecule is COC(=O)Cc1ccc([O-])c(CC(=O)OC)c1.[Na+]. The van der Waals surface area contributed by atoms with E-state index in [4.69, 9.17) is 0 Å². The van der Waals surface area contributed by atoms with E-state index in [-0.39, 0.29) is 48.1 Å². The molecule has 6 heteroatoms. The molecule has 0 fully saturated rings. The van der Waals surface area contributed by atoms with Crippen molar-refractivity contribution in [3.05, 3.63) is 29.3 Å². The number of methoxy groups -OCH3 is 2. The second-order valence-electron chi connectivity index (χ2n) is 3.45. The number of hydrogen-bond donors (Lipinski definition) is 0. The molecule has 0 amide bonds. The zero-order valence-electron chi connectivity index (χ0n) is 10.7. The van der Waals surface area contributed by atoms with E-state index in [0.29, 0.717) is 11.1 Å². The van der Waals surface area contributed by atoms with Crippen molar-refractivity contribution >= 4 is 11.9 Å². The topological polar surface area (TPSA) is 75.7 Å². The Balaban J connectivity index is 0.00000289. The Morgan fingerprint density at radius 2 is 1.67 bits per heavy atom. The Morgan fingerprint density at radius 3 is 2.22 bits per heavy atom. The van der Waals surface area contributed by atoms with Gasteiger partial charge in [-0.15, -0.1) is 5.75 Å². The average Bonchev–Trinajstić information content (AvgIpc) is 2.33. The minimum Gasteiger partial charge on any atom is -0.872 e. The van der Waals surface area contributed by atoms with E-state index >= 15 is 0 Å². The van der Waals surface area contributed by atoms with Crippen LogP contribution in [0, 0.1) is 0 Å². The van der Waals surface area contributed by atoms with Crippen molar-refractivity contribution in [2.45, 2.75) is 12.8 Å². The summed E-state index contributed by atoms with van der Waals surface area (Å²) in [5.41, 5.74) is 0.952. The molecule has 0 N–H and O–H groups in total. The van der Waals surface area contributed by atoms with Gasteiger partial charge in [-0.25, -0.2) is 0 Å². The summed E-state index contributed by atoms with van der Waals surface area (Å²) in [6.45, 7) is 0. The van der Waals surface area contributed by atoms with Gasteiger partial charge in [-0.1, -0.05) is 18.2 Å². The molecule has 92 valence electrons. The van der Waals surface area contributed by atoms with Gasteiger partial charge in [-0.3, -0.25) is 9.59 Å². The number of carbonyl (C=O) groups is 2. The predicted molar refractivity (Wildman–Crippen MR) is 57.3 cm³/mol. The van der Waals surface area contributed by atoms with Crippen molar-refractivity contribution in [3.63, 3.8) is 0 Å². The van der Waals surface area contributed by atoms with Crippen LogP contribution in [0.15, 0.2) is 18.2 Å². The quantitative estimate of drug-likeness (QED) is 0.431. The Kier molecular flexibility index (Phi) is 7.66. The molecule has 0 aliphatic rings. The summed E-state index contributed by atoms with van der Waals surface area (Å²) in [7, 11) is 2.55. The third-order valence-electron chi connectivity index (χ3n) is 2.26. The van der Waals surface area contributed by atoms with Crippen LogP contribution in [-0.2, 0) is 31.9 Å². The molecule has 0 aromatic heterocycles. The molecule has 0 unspecified atom stereocenters. The first-order valence-electron chi connectivity index (χ1n) is 4.99. The first-order valence-corrected chi connectivity index (χ1v) is 4.99. The van der Waals surface area contributed by atoms with Gasteiger partial charge in [-0.2, -0.15) is 0 Å². The fourth-order valence-corrected chi connectivity index (χ4v) is 1.35. The summed E-state index contributed by atoms with van der Waals surface area (Å²) in [5.74, 6) is -1.13. The van der Waals surface area contributed by atoms with Gasteiger partial charge >= 0.3 is 41.5 Å². The van der Waals surface area contributed by atoms with E-state index < -0.39 is 11.9 Å². The molecule has 0 saturated heterocycles. The summed E-state index contributed by atoms with van der Waals surface area (Å²) >= 11 is 0. The molecular formula is C12H13NaO5. The van der Waals surface area contributed by atoms with Gasteiger partial charge in [0, 0.05) is 0 Å². The standard InChI is InChI=1S/C12H14O5.Na/c1-16-11(14)6-8-3-4-10(13)9(5-8)7-12(15)17-2;/h3-5,13H,6-7H2,1-2H3;/q;+1/p-1. The largest absolute Gasteiger partial charge is 1.00 e. The van der Waals surface area contributed by atoms with Crippen LogP contribution < -0.4 is 34.7 Å². The van der Waals surface area contributed by atoms with Gasteiger partial charge in [0.2, 0.25) is 0 Å². The van der Waals surface area contributed by atoms with Crippen LogP contribution >= 0.6 is 0 Å². The maximum absolute atomic E-state index is 11.5. The van der Waals surface area contributed by atoms with Crippen LogP contribution in [0.25, 0.3) is 0 Å². The number of esters is 2. The first-order chi connectivity index (χ1) is 8.06. The molecule has 1 aromatic carbocycles. The molecule has 0 aliphatic carbocycles. The minimum absolute atomic E-state index is 0. The van der Waals surface area contributed by atoms with E-state index in [1.54, 1.807) is 6.07 Å². The average molecular weight is 260 g/mol. The van der Waals surface area contributed by atoms with Gasteiger partial charge in [0.25, 0.3) is 0 Å². The molecule has 0 heterocycles. The number of ether oxygens (including phenoxy) is 2. The molecule has 0 bridgehead atoms. The molecule has 0 radical (unpaired) electrons. The molecule has 0 spiro atoms.